The maximum atomic E-state index is 13.2. The number of halogens is 1. The minimum absolute atomic E-state index is 0.0364. The Bertz CT molecular complexity index is 1080. The number of amides is 2. The lowest BCUT2D eigenvalue weighted by molar-refractivity contribution is -0.122. The zero-order valence-electron chi connectivity index (χ0n) is 18.4. The van der Waals surface area contributed by atoms with Crippen molar-refractivity contribution < 1.29 is 19.1 Å². The zero-order valence-corrected chi connectivity index (χ0v) is 20.0. The minimum atomic E-state index is -0.573. The van der Waals surface area contributed by atoms with Crippen molar-refractivity contribution >= 4 is 52.5 Å². The van der Waals surface area contributed by atoms with Gasteiger partial charge in [-0.25, -0.2) is 0 Å². The van der Waals surface area contributed by atoms with Crippen LogP contribution < -0.4 is 19.7 Å². The summed E-state index contributed by atoms with van der Waals surface area (Å²) in [6.45, 7) is 5.98. The molecule has 2 aromatic carbocycles. The van der Waals surface area contributed by atoms with Crippen molar-refractivity contribution in [3.63, 3.8) is 0 Å². The fourth-order valence-corrected chi connectivity index (χ4v) is 3.71. The maximum absolute atomic E-state index is 13.2. The molecule has 1 heterocycles. The van der Waals surface area contributed by atoms with E-state index in [4.69, 9.17) is 33.3 Å². The van der Waals surface area contributed by atoms with Crippen LogP contribution in [0.3, 0.4) is 0 Å². The van der Waals surface area contributed by atoms with E-state index in [1.807, 2.05) is 32.9 Å². The molecule has 2 amide bonds. The van der Waals surface area contributed by atoms with Crippen LogP contribution in [0.5, 0.6) is 11.5 Å². The predicted octanol–water partition coefficient (Wildman–Crippen LogP) is 4.92. The van der Waals surface area contributed by atoms with Crippen LogP contribution in [-0.4, -0.2) is 30.1 Å². The van der Waals surface area contributed by atoms with Gasteiger partial charge in [-0.05, 0) is 73.5 Å². The van der Waals surface area contributed by atoms with Crippen LogP contribution in [0.1, 0.15) is 38.3 Å². The van der Waals surface area contributed by atoms with Crippen molar-refractivity contribution in [1.29, 1.82) is 0 Å². The molecular weight excluding hydrogens is 448 g/mol. The number of nitrogens with one attached hydrogen (secondary N) is 1. The van der Waals surface area contributed by atoms with Crippen molar-refractivity contribution in [2.24, 2.45) is 0 Å². The maximum Gasteiger partial charge on any atom is 0.270 e. The van der Waals surface area contributed by atoms with Crippen LogP contribution in [0, 0.1) is 0 Å². The lowest BCUT2D eigenvalue weighted by atomic mass is 10.1. The Balaban J connectivity index is 1.99. The second kappa shape index (κ2) is 10.1. The summed E-state index contributed by atoms with van der Waals surface area (Å²) < 4.78 is 11.3. The number of hydrogen-bond acceptors (Lipinski definition) is 5. The van der Waals surface area contributed by atoms with E-state index in [1.54, 1.807) is 24.3 Å². The van der Waals surface area contributed by atoms with Crippen LogP contribution in [0.15, 0.2) is 42.0 Å². The van der Waals surface area contributed by atoms with Gasteiger partial charge in [-0.3, -0.25) is 19.8 Å². The van der Waals surface area contributed by atoms with E-state index in [1.165, 1.54) is 18.1 Å². The van der Waals surface area contributed by atoms with Crippen molar-refractivity contribution in [3.8, 4) is 11.5 Å². The molecule has 168 valence electrons. The van der Waals surface area contributed by atoms with Gasteiger partial charge in [0.05, 0.1) is 23.9 Å². The molecule has 1 atom stereocenters. The summed E-state index contributed by atoms with van der Waals surface area (Å²) in [5.74, 6) is -0.255. The summed E-state index contributed by atoms with van der Waals surface area (Å²) in [6.07, 6.45) is 3.09. The van der Waals surface area contributed by atoms with E-state index in [-0.39, 0.29) is 16.8 Å². The average Bonchev–Trinajstić information content (AvgIpc) is 2.78. The summed E-state index contributed by atoms with van der Waals surface area (Å²) in [5, 5.41) is 2.94. The largest absolute Gasteiger partial charge is 0.493 e. The lowest BCUT2D eigenvalue weighted by Gasteiger charge is -2.29. The Morgan fingerprint density at radius 2 is 1.88 bits per heavy atom. The zero-order chi connectivity index (χ0) is 23.4. The standard InChI is InChI=1S/C24H25ClN2O4S/c1-5-14(3)31-21-19(25)12-16(13-20(21)30-4)11-18-22(28)26-24(32)27(23(18)29)17-9-7-15(6-2)8-10-17/h7-14H,5-6H2,1-4H3,(H,26,28,32)/b18-11+. The molecule has 1 N–H and O–H groups in total. The Hall–Kier alpha value is -2.90. The minimum Gasteiger partial charge on any atom is -0.493 e. The van der Waals surface area contributed by atoms with E-state index >= 15 is 0 Å². The van der Waals surface area contributed by atoms with E-state index in [9.17, 15) is 9.59 Å². The fraction of sp³-hybridized carbons (Fsp3) is 0.292. The number of carbonyl (C=O) groups is 2. The average molecular weight is 473 g/mol. The van der Waals surface area contributed by atoms with Gasteiger partial charge in [-0.2, -0.15) is 0 Å². The highest BCUT2D eigenvalue weighted by Gasteiger charge is 2.34. The second-order valence-corrected chi connectivity index (χ2v) is 8.14. The van der Waals surface area contributed by atoms with Gasteiger partial charge in [0.2, 0.25) is 0 Å². The van der Waals surface area contributed by atoms with Gasteiger partial charge in [0.1, 0.15) is 5.57 Å². The van der Waals surface area contributed by atoms with Crippen LogP contribution in [0.4, 0.5) is 5.69 Å². The third-order valence-corrected chi connectivity index (χ3v) is 5.73. The quantitative estimate of drug-likeness (QED) is 0.352. The van der Waals surface area contributed by atoms with E-state index in [2.05, 4.69) is 5.32 Å². The summed E-state index contributed by atoms with van der Waals surface area (Å²) in [4.78, 5) is 27.1. The SMILES string of the molecule is CCc1ccc(N2C(=O)/C(=C/c3cc(Cl)c(OC(C)CC)c(OC)c3)C(=O)NC2=S)cc1. The van der Waals surface area contributed by atoms with Gasteiger partial charge >= 0.3 is 0 Å². The van der Waals surface area contributed by atoms with Crippen LogP contribution in [0.25, 0.3) is 6.08 Å². The Labute approximate surface area is 198 Å². The number of rotatable bonds is 7. The molecule has 1 aliphatic rings. The third kappa shape index (κ3) is 4.95. The number of ether oxygens (including phenoxy) is 2. The molecule has 8 heteroatoms. The van der Waals surface area contributed by atoms with Gasteiger partial charge in [0.15, 0.2) is 16.6 Å². The lowest BCUT2D eigenvalue weighted by Crippen LogP contribution is -2.54. The molecule has 0 radical (unpaired) electrons. The van der Waals surface area contributed by atoms with Crippen LogP contribution >= 0.6 is 23.8 Å². The van der Waals surface area contributed by atoms with Crippen molar-refractivity contribution in [3.05, 3.63) is 58.1 Å². The first-order valence-corrected chi connectivity index (χ1v) is 11.1. The number of carbonyl (C=O) groups excluding carboxylic acids is 2. The molecule has 0 bridgehead atoms. The van der Waals surface area contributed by atoms with Crippen molar-refractivity contribution in [1.82, 2.24) is 5.32 Å². The van der Waals surface area contributed by atoms with Crippen LogP contribution in [-0.2, 0) is 16.0 Å². The highest BCUT2D eigenvalue weighted by molar-refractivity contribution is 7.80. The topological polar surface area (TPSA) is 67.9 Å². The molecule has 1 aliphatic heterocycles. The van der Waals surface area contributed by atoms with Crippen molar-refractivity contribution in [2.75, 3.05) is 12.0 Å². The summed E-state index contributed by atoms with van der Waals surface area (Å²) >= 11 is 11.7. The first-order chi connectivity index (χ1) is 15.3. The number of hydrogen-bond donors (Lipinski definition) is 1. The number of benzene rings is 2. The van der Waals surface area contributed by atoms with E-state index in [0.29, 0.717) is 27.8 Å². The first-order valence-electron chi connectivity index (χ1n) is 10.3. The molecule has 3 rings (SSSR count). The van der Waals surface area contributed by atoms with Gasteiger partial charge in [-0.15, -0.1) is 0 Å². The van der Waals surface area contributed by atoms with Gasteiger partial charge in [0.25, 0.3) is 11.8 Å². The number of methoxy groups -OCH3 is 1. The van der Waals surface area contributed by atoms with E-state index < -0.39 is 11.8 Å². The monoisotopic (exact) mass is 472 g/mol. The number of nitrogens with zero attached hydrogens (tertiary/aromatic N) is 1. The Morgan fingerprint density at radius 1 is 1.19 bits per heavy atom. The molecule has 2 aromatic rings. The highest BCUT2D eigenvalue weighted by atomic mass is 35.5. The molecule has 1 fully saturated rings. The number of aryl methyl sites for hydroxylation is 1. The summed E-state index contributed by atoms with van der Waals surface area (Å²) in [7, 11) is 1.50. The molecule has 0 saturated carbocycles. The number of thiocarbonyl (C=S) groups is 1. The number of anilines is 1. The Morgan fingerprint density at radius 3 is 2.47 bits per heavy atom. The molecule has 0 aliphatic carbocycles. The van der Waals surface area contributed by atoms with Gasteiger partial charge in [-0.1, -0.05) is 37.6 Å². The predicted molar refractivity (Wildman–Crippen MR) is 130 cm³/mol. The smallest absolute Gasteiger partial charge is 0.270 e. The van der Waals surface area contributed by atoms with Gasteiger partial charge < -0.3 is 9.47 Å². The molecular formula is C24H25ClN2O4S. The summed E-state index contributed by atoms with van der Waals surface area (Å²) in [5.41, 5.74) is 2.17. The molecule has 1 unspecified atom stereocenters. The molecule has 6 nitrogen and oxygen atoms in total. The van der Waals surface area contributed by atoms with Crippen LogP contribution in [0.2, 0.25) is 5.02 Å². The Kier molecular flexibility index (Phi) is 7.53. The van der Waals surface area contributed by atoms with E-state index in [0.717, 1.165) is 18.4 Å². The summed E-state index contributed by atoms with van der Waals surface area (Å²) in [6, 6.07) is 10.8. The molecule has 32 heavy (non-hydrogen) atoms. The van der Waals surface area contributed by atoms with Gasteiger partial charge in [0, 0.05) is 0 Å². The third-order valence-electron chi connectivity index (χ3n) is 5.16. The normalized spacial score (nSPS) is 16.2. The highest BCUT2D eigenvalue weighted by Crippen LogP contribution is 2.38. The first kappa shape index (κ1) is 23.8. The fourth-order valence-electron chi connectivity index (χ4n) is 3.16. The molecule has 0 spiro atoms. The molecule has 1 saturated heterocycles. The van der Waals surface area contributed by atoms with Crippen molar-refractivity contribution in [2.45, 2.75) is 39.7 Å². The molecule has 0 aromatic heterocycles. The second-order valence-electron chi connectivity index (χ2n) is 7.35.